The second-order valence-corrected chi connectivity index (χ2v) is 6.13. The van der Waals surface area contributed by atoms with E-state index in [9.17, 15) is 4.79 Å². The fourth-order valence-electron chi connectivity index (χ4n) is 3.17. The molecule has 0 N–H and O–H groups in total. The lowest BCUT2D eigenvalue weighted by Crippen LogP contribution is -2.43. The van der Waals surface area contributed by atoms with Crippen molar-refractivity contribution in [3.05, 3.63) is 53.6 Å². The molecule has 2 aromatic rings. The Balaban J connectivity index is 1.81. The van der Waals surface area contributed by atoms with Crippen LogP contribution in [0.2, 0.25) is 0 Å². The molecular formula is C20H20N2O3. The van der Waals surface area contributed by atoms with Gasteiger partial charge in [0.25, 0.3) is 5.91 Å². The molecule has 5 nitrogen and oxygen atoms in total. The standard InChI is InChI=1S/C20H20N2O3/c1-13-10-16-6-4-5-7-17(16)22(13)20(23)14(2)25-18-9-8-15(12-21)11-19(18)24-3/h4-9,11,13-14H,10H2,1-3H3/t13-,14-/m1/s1. The van der Waals surface area contributed by atoms with Gasteiger partial charge in [-0.3, -0.25) is 4.79 Å². The Kier molecular flexibility index (Phi) is 4.62. The molecule has 0 saturated carbocycles. The minimum Gasteiger partial charge on any atom is -0.493 e. The Bertz CT molecular complexity index is 841. The summed E-state index contributed by atoms with van der Waals surface area (Å²) in [5, 5.41) is 8.98. The van der Waals surface area contributed by atoms with Crippen molar-refractivity contribution in [2.75, 3.05) is 12.0 Å². The Morgan fingerprint density at radius 3 is 2.76 bits per heavy atom. The Hall–Kier alpha value is -3.00. The van der Waals surface area contributed by atoms with Gasteiger partial charge in [-0.05, 0) is 44.0 Å². The Labute approximate surface area is 147 Å². The molecule has 0 bridgehead atoms. The molecule has 0 saturated heterocycles. The summed E-state index contributed by atoms with van der Waals surface area (Å²) in [6, 6.07) is 15.0. The smallest absolute Gasteiger partial charge is 0.268 e. The molecule has 2 atom stereocenters. The molecule has 0 fully saturated rings. The zero-order valence-electron chi connectivity index (χ0n) is 14.5. The number of ether oxygens (including phenoxy) is 2. The highest BCUT2D eigenvalue weighted by Crippen LogP contribution is 2.34. The molecule has 25 heavy (non-hydrogen) atoms. The van der Waals surface area contributed by atoms with E-state index < -0.39 is 6.10 Å². The average Bonchev–Trinajstić information content (AvgIpc) is 2.96. The first-order valence-corrected chi connectivity index (χ1v) is 8.21. The van der Waals surface area contributed by atoms with Crippen LogP contribution < -0.4 is 14.4 Å². The van der Waals surface area contributed by atoms with E-state index in [0.717, 1.165) is 12.1 Å². The number of methoxy groups -OCH3 is 1. The van der Waals surface area contributed by atoms with Crippen LogP contribution in [0.4, 0.5) is 5.69 Å². The first-order chi connectivity index (χ1) is 12.0. The maximum atomic E-state index is 13.0. The molecule has 0 aliphatic carbocycles. The van der Waals surface area contributed by atoms with Gasteiger partial charge in [0.15, 0.2) is 17.6 Å². The molecule has 1 aliphatic rings. The molecule has 5 heteroatoms. The lowest BCUT2D eigenvalue weighted by molar-refractivity contribution is -0.124. The SMILES string of the molecule is COc1cc(C#N)ccc1O[C@H](C)C(=O)N1c2ccccc2C[C@H]1C. The highest BCUT2D eigenvalue weighted by atomic mass is 16.5. The molecule has 128 valence electrons. The van der Waals surface area contributed by atoms with Gasteiger partial charge in [-0.15, -0.1) is 0 Å². The summed E-state index contributed by atoms with van der Waals surface area (Å²) in [4.78, 5) is 14.8. The zero-order chi connectivity index (χ0) is 18.0. The van der Waals surface area contributed by atoms with Crippen molar-refractivity contribution in [2.24, 2.45) is 0 Å². The van der Waals surface area contributed by atoms with Crippen LogP contribution in [0.3, 0.4) is 0 Å². The topological polar surface area (TPSA) is 62.6 Å². The minimum atomic E-state index is -0.671. The fourth-order valence-corrected chi connectivity index (χ4v) is 3.17. The van der Waals surface area contributed by atoms with Crippen molar-refractivity contribution < 1.29 is 14.3 Å². The number of carbonyl (C=O) groups is 1. The largest absolute Gasteiger partial charge is 0.493 e. The van der Waals surface area contributed by atoms with E-state index in [-0.39, 0.29) is 11.9 Å². The number of rotatable bonds is 4. The van der Waals surface area contributed by atoms with Gasteiger partial charge in [0.05, 0.1) is 18.7 Å². The summed E-state index contributed by atoms with van der Waals surface area (Å²) >= 11 is 0. The van der Waals surface area contributed by atoms with Gasteiger partial charge in [-0.2, -0.15) is 5.26 Å². The predicted octanol–water partition coefficient (Wildman–Crippen LogP) is 3.31. The Morgan fingerprint density at radius 2 is 2.04 bits per heavy atom. The number of hydrogen-bond acceptors (Lipinski definition) is 4. The van der Waals surface area contributed by atoms with Crippen molar-refractivity contribution >= 4 is 11.6 Å². The van der Waals surface area contributed by atoms with E-state index in [0.29, 0.717) is 17.1 Å². The van der Waals surface area contributed by atoms with Crippen molar-refractivity contribution in [1.82, 2.24) is 0 Å². The lowest BCUT2D eigenvalue weighted by Gasteiger charge is -2.26. The van der Waals surface area contributed by atoms with E-state index in [2.05, 4.69) is 6.07 Å². The zero-order valence-corrected chi connectivity index (χ0v) is 14.5. The average molecular weight is 336 g/mol. The van der Waals surface area contributed by atoms with Gasteiger partial charge in [-0.25, -0.2) is 0 Å². The van der Waals surface area contributed by atoms with Gasteiger partial charge in [0, 0.05) is 17.8 Å². The van der Waals surface area contributed by atoms with Crippen LogP contribution in [0.15, 0.2) is 42.5 Å². The quantitative estimate of drug-likeness (QED) is 0.859. The van der Waals surface area contributed by atoms with Crippen LogP contribution in [0.25, 0.3) is 0 Å². The third kappa shape index (κ3) is 3.16. The molecule has 1 amide bonds. The van der Waals surface area contributed by atoms with Gasteiger partial charge >= 0.3 is 0 Å². The molecule has 0 spiro atoms. The van der Waals surface area contributed by atoms with Gasteiger partial charge in [-0.1, -0.05) is 18.2 Å². The second kappa shape index (κ2) is 6.86. The number of nitriles is 1. The van der Waals surface area contributed by atoms with Gasteiger partial charge < -0.3 is 14.4 Å². The maximum absolute atomic E-state index is 13.0. The van der Waals surface area contributed by atoms with Crippen molar-refractivity contribution in [3.8, 4) is 17.6 Å². The molecule has 1 aliphatic heterocycles. The number of carbonyl (C=O) groups excluding carboxylic acids is 1. The summed E-state index contributed by atoms with van der Waals surface area (Å²) in [6.45, 7) is 3.76. The van der Waals surface area contributed by atoms with Crippen LogP contribution in [0, 0.1) is 11.3 Å². The number of hydrogen-bond donors (Lipinski definition) is 0. The minimum absolute atomic E-state index is 0.0936. The molecule has 0 aromatic heterocycles. The number of anilines is 1. The normalized spacial score (nSPS) is 16.7. The van der Waals surface area contributed by atoms with Crippen molar-refractivity contribution in [1.29, 1.82) is 5.26 Å². The third-order valence-corrected chi connectivity index (χ3v) is 4.39. The summed E-state index contributed by atoms with van der Waals surface area (Å²) in [5.41, 5.74) is 2.60. The maximum Gasteiger partial charge on any atom is 0.268 e. The van der Waals surface area contributed by atoms with Crippen LogP contribution >= 0.6 is 0 Å². The summed E-state index contributed by atoms with van der Waals surface area (Å²) in [5.74, 6) is 0.792. The first-order valence-electron chi connectivity index (χ1n) is 8.21. The number of nitrogens with zero attached hydrogens (tertiary/aromatic N) is 2. The summed E-state index contributed by atoms with van der Waals surface area (Å²) in [6.07, 6.45) is 0.171. The molecule has 2 aromatic carbocycles. The van der Waals surface area contributed by atoms with Gasteiger partial charge in [0.1, 0.15) is 0 Å². The summed E-state index contributed by atoms with van der Waals surface area (Å²) in [7, 11) is 1.51. The third-order valence-electron chi connectivity index (χ3n) is 4.39. The molecule has 1 heterocycles. The second-order valence-electron chi connectivity index (χ2n) is 6.13. The predicted molar refractivity (Wildman–Crippen MR) is 94.9 cm³/mol. The number of fused-ring (bicyclic) bond motifs is 1. The van der Waals surface area contributed by atoms with E-state index in [4.69, 9.17) is 14.7 Å². The molecular weight excluding hydrogens is 316 g/mol. The van der Waals surface area contributed by atoms with Crippen LogP contribution in [-0.2, 0) is 11.2 Å². The van der Waals surface area contributed by atoms with Crippen molar-refractivity contribution in [3.63, 3.8) is 0 Å². The van der Waals surface area contributed by atoms with Crippen LogP contribution in [0.5, 0.6) is 11.5 Å². The van der Waals surface area contributed by atoms with Crippen LogP contribution in [-0.4, -0.2) is 25.2 Å². The monoisotopic (exact) mass is 336 g/mol. The van der Waals surface area contributed by atoms with Gasteiger partial charge in [0.2, 0.25) is 0 Å². The van der Waals surface area contributed by atoms with E-state index in [1.807, 2.05) is 31.2 Å². The fraction of sp³-hybridized carbons (Fsp3) is 0.300. The van der Waals surface area contributed by atoms with Crippen molar-refractivity contribution in [2.45, 2.75) is 32.4 Å². The molecule has 3 rings (SSSR count). The highest BCUT2D eigenvalue weighted by Gasteiger charge is 2.34. The Morgan fingerprint density at radius 1 is 1.28 bits per heavy atom. The van der Waals surface area contributed by atoms with E-state index in [1.165, 1.54) is 12.7 Å². The van der Waals surface area contributed by atoms with Crippen LogP contribution in [0.1, 0.15) is 25.0 Å². The number of benzene rings is 2. The number of para-hydroxylation sites is 1. The molecule has 0 unspecified atom stereocenters. The molecule has 0 radical (unpaired) electrons. The lowest BCUT2D eigenvalue weighted by atomic mass is 10.1. The van der Waals surface area contributed by atoms with E-state index >= 15 is 0 Å². The first kappa shape index (κ1) is 16.8. The number of amides is 1. The van der Waals surface area contributed by atoms with E-state index in [1.54, 1.807) is 30.0 Å². The highest BCUT2D eigenvalue weighted by molar-refractivity contribution is 5.99. The summed E-state index contributed by atoms with van der Waals surface area (Å²) < 4.78 is 11.1.